The van der Waals surface area contributed by atoms with E-state index < -0.39 is 8.32 Å². The van der Waals surface area contributed by atoms with E-state index in [9.17, 15) is 0 Å². The summed E-state index contributed by atoms with van der Waals surface area (Å²) in [5, 5.41) is 17.7. The third-order valence-corrected chi connectivity index (χ3v) is 14.9. The highest BCUT2D eigenvalue weighted by molar-refractivity contribution is 6.77. The van der Waals surface area contributed by atoms with E-state index in [1.165, 1.54) is 0 Å². The molecule has 1 aliphatic carbocycles. The van der Waals surface area contributed by atoms with Gasteiger partial charge in [-0.05, 0) is 65.6 Å². The normalized spacial score (nSPS) is 21.8. The van der Waals surface area contributed by atoms with E-state index in [-0.39, 0.29) is 23.7 Å². The molecule has 0 saturated carbocycles. The smallest absolute Gasteiger partial charge is 0.204 e. The van der Waals surface area contributed by atoms with Crippen LogP contribution < -0.4 is 16.0 Å². The Hall–Kier alpha value is -2.42. The van der Waals surface area contributed by atoms with Crippen LogP contribution in [-0.4, -0.2) is 42.9 Å². The van der Waals surface area contributed by atoms with Gasteiger partial charge in [-0.15, -0.1) is 0 Å². The number of fused-ring (bicyclic) bond motifs is 1. The van der Waals surface area contributed by atoms with Crippen LogP contribution in [0.4, 0.5) is 0 Å². The van der Waals surface area contributed by atoms with Gasteiger partial charge in [0.2, 0.25) is 5.96 Å². The zero-order chi connectivity index (χ0) is 27.6. The van der Waals surface area contributed by atoms with Gasteiger partial charge in [0, 0.05) is 12.6 Å². The van der Waals surface area contributed by atoms with Gasteiger partial charge in [0.1, 0.15) is 17.3 Å². The Morgan fingerprint density at radius 3 is 2.29 bits per heavy atom. The summed E-state index contributed by atoms with van der Waals surface area (Å²) in [5.41, 5.74) is 10.5. The summed E-state index contributed by atoms with van der Waals surface area (Å²) >= 11 is 0. The molecule has 8 heteroatoms. The molecule has 2 aliphatic rings. The summed E-state index contributed by atoms with van der Waals surface area (Å²) in [6.45, 7) is 15.3. The minimum absolute atomic E-state index is 0.0398. The summed E-state index contributed by atoms with van der Waals surface area (Å²) in [6, 6.07) is 12.0. The number of hydrogen-bond acceptors (Lipinski definition) is 5. The number of hydrogen-bond donors (Lipinski definition) is 3. The number of rotatable bonds is 8. The molecule has 2 heterocycles. The molecule has 3 atom stereocenters. The topological polar surface area (TPSA) is 100 Å². The predicted octanol–water partition coefficient (Wildman–Crippen LogP) is 6.32. The van der Waals surface area contributed by atoms with Crippen molar-refractivity contribution < 1.29 is 9.16 Å². The van der Waals surface area contributed by atoms with Gasteiger partial charge in [-0.25, -0.2) is 0 Å². The van der Waals surface area contributed by atoms with Crippen molar-refractivity contribution >= 4 is 14.3 Å². The molecule has 0 spiro atoms. The van der Waals surface area contributed by atoms with Gasteiger partial charge in [-0.3, -0.25) is 15.4 Å². The summed E-state index contributed by atoms with van der Waals surface area (Å²) < 4.78 is 15.0. The van der Waals surface area contributed by atoms with E-state index in [1.54, 1.807) is 16.8 Å². The van der Waals surface area contributed by atoms with E-state index >= 15 is 0 Å². The molecule has 0 radical (unpaired) electrons. The van der Waals surface area contributed by atoms with Crippen molar-refractivity contribution in [1.29, 1.82) is 10.8 Å². The second-order valence-corrected chi connectivity index (χ2v) is 17.4. The van der Waals surface area contributed by atoms with Crippen LogP contribution in [0.5, 0.6) is 5.75 Å². The predicted molar refractivity (Wildman–Crippen MR) is 156 cm³/mol. The highest BCUT2D eigenvalue weighted by Gasteiger charge is 2.46. The van der Waals surface area contributed by atoms with Gasteiger partial charge < -0.3 is 19.8 Å². The molecule has 2 aromatic rings. The van der Waals surface area contributed by atoms with Crippen LogP contribution >= 0.6 is 0 Å². The number of nitrogens with one attached hydrogen (secondary N) is 2. The highest BCUT2D eigenvalue weighted by atomic mass is 28.4. The second-order valence-electron chi connectivity index (χ2n) is 12.0. The van der Waals surface area contributed by atoms with E-state index in [1.807, 2.05) is 18.2 Å². The standard InChI is InChI=1S/C30H47N5O2Si/c1-20(2)38(21(3)4,22(5)6)36-19-23-10-9-17-34(23)30(33)35-18-24(13-16-29(35)32)37-28-15-14-27(31)25-11-7-8-12-26(25)28/h7-8,11-13,16,18,20-23,27-28,32-33H,9-10,14-15,17,19,31H2,1-6H3. The Balaban J connectivity index is 1.52. The Labute approximate surface area is 229 Å². The lowest BCUT2D eigenvalue weighted by molar-refractivity contribution is 0.175. The van der Waals surface area contributed by atoms with Crippen molar-refractivity contribution in [3.63, 3.8) is 0 Å². The van der Waals surface area contributed by atoms with E-state index in [2.05, 4.69) is 58.6 Å². The largest absolute Gasteiger partial charge is 0.484 e. The minimum atomic E-state index is -1.99. The number of nitrogens with zero attached hydrogens (tertiary/aromatic N) is 2. The third kappa shape index (κ3) is 5.49. The monoisotopic (exact) mass is 537 g/mol. The van der Waals surface area contributed by atoms with Crippen molar-refractivity contribution in [2.45, 2.75) is 102 Å². The molecule has 4 rings (SSSR count). The molecule has 1 aliphatic heterocycles. The zero-order valence-electron chi connectivity index (χ0n) is 24.0. The van der Waals surface area contributed by atoms with Gasteiger partial charge >= 0.3 is 0 Å². The third-order valence-electron chi connectivity index (χ3n) is 8.79. The van der Waals surface area contributed by atoms with Crippen LogP contribution in [0, 0.1) is 10.8 Å². The van der Waals surface area contributed by atoms with Crippen LogP contribution in [0.3, 0.4) is 0 Å². The summed E-state index contributed by atoms with van der Waals surface area (Å²) in [4.78, 5) is 2.12. The van der Waals surface area contributed by atoms with Crippen LogP contribution in [0.25, 0.3) is 0 Å². The number of ether oxygens (including phenoxy) is 1. The molecule has 3 unspecified atom stereocenters. The Morgan fingerprint density at radius 2 is 1.63 bits per heavy atom. The average Bonchev–Trinajstić information content (AvgIpc) is 3.35. The molecule has 0 amide bonds. The van der Waals surface area contributed by atoms with Crippen molar-refractivity contribution in [3.8, 4) is 5.75 Å². The number of pyridine rings is 1. The van der Waals surface area contributed by atoms with E-state index in [4.69, 9.17) is 25.7 Å². The van der Waals surface area contributed by atoms with Crippen molar-refractivity contribution in [2.75, 3.05) is 13.2 Å². The lowest BCUT2D eigenvalue weighted by Gasteiger charge is -2.43. The van der Waals surface area contributed by atoms with Crippen molar-refractivity contribution in [1.82, 2.24) is 9.47 Å². The summed E-state index contributed by atoms with van der Waals surface area (Å²) in [7, 11) is -1.99. The maximum Gasteiger partial charge on any atom is 0.204 e. The molecule has 1 aromatic heterocycles. The maximum absolute atomic E-state index is 9.10. The average molecular weight is 538 g/mol. The van der Waals surface area contributed by atoms with Gasteiger partial charge in [0.05, 0.1) is 18.8 Å². The Bertz CT molecular complexity index is 1160. The first kappa shape index (κ1) is 28.6. The maximum atomic E-state index is 9.10. The van der Waals surface area contributed by atoms with E-state index in [0.29, 0.717) is 34.9 Å². The summed E-state index contributed by atoms with van der Waals surface area (Å²) in [5.74, 6) is 0.988. The van der Waals surface area contributed by atoms with Crippen LogP contribution in [0.2, 0.25) is 16.6 Å². The fourth-order valence-electron chi connectivity index (χ4n) is 6.96. The molecule has 1 saturated heterocycles. The minimum Gasteiger partial charge on any atom is -0.484 e. The fourth-order valence-corrected chi connectivity index (χ4v) is 12.4. The van der Waals surface area contributed by atoms with Crippen LogP contribution in [0.15, 0.2) is 42.6 Å². The molecule has 1 aromatic carbocycles. The van der Waals surface area contributed by atoms with E-state index in [0.717, 1.165) is 43.4 Å². The number of likely N-dealkylation sites (tertiary alicyclic amines) is 1. The highest BCUT2D eigenvalue weighted by Crippen LogP contribution is 2.43. The SMILES string of the molecule is CC(C)[Si](OCC1CCCN1C(=N)n1cc(OC2CCC(N)c3ccccc32)ccc1=N)(C(C)C)C(C)C. The quantitative estimate of drug-likeness (QED) is 0.208. The lowest BCUT2D eigenvalue weighted by Crippen LogP contribution is -2.51. The molecule has 7 nitrogen and oxygen atoms in total. The zero-order valence-corrected chi connectivity index (χ0v) is 25.0. The van der Waals surface area contributed by atoms with Crippen LogP contribution in [-0.2, 0) is 4.43 Å². The van der Waals surface area contributed by atoms with Crippen molar-refractivity contribution in [2.24, 2.45) is 5.73 Å². The molecule has 38 heavy (non-hydrogen) atoms. The molecular formula is C30H47N5O2Si. The van der Waals surface area contributed by atoms with Crippen LogP contribution in [0.1, 0.15) is 90.5 Å². The van der Waals surface area contributed by atoms with Crippen molar-refractivity contribution in [3.05, 3.63) is 59.2 Å². The first-order chi connectivity index (χ1) is 18.1. The molecule has 0 bridgehead atoms. The lowest BCUT2D eigenvalue weighted by atomic mass is 9.86. The number of nitrogens with two attached hydrogens (primary N) is 1. The molecular weight excluding hydrogens is 490 g/mol. The molecule has 1 fully saturated rings. The fraction of sp³-hybridized carbons (Fsp3) is 0.600. The molecule has 4 N–H and O–H groups in total. The first-order valence-electron chi connectivity index (χ1n) is 14.3. The Kier molecular flexibility index (Phi) is 8.84. The van der Waals surface area contributed by atoms with Gasteiger partial charge in [0.15, 0.2) is 8.32 Å². The Morgan fingerprint density at radius 1 is 0.974 bits per heavy atom. The van der Waals surface area contributed by atoms with Gasteiger partial charge in [-0.2, -0.15) is 0 Å². The second kappa shape index (κ2) is 11.8. The van der Waals surface area contributed by atoms with Gasteiger partial charge in [-0.1, -0.05) is 65.8 Å². The van der Waals surface area contributed by atoms with Gasteiger partial charge in [0.25, 0.3) is 0 Å². The first-order valence-corrected chi connectivity index (χ1v) is 16.5. The number of aromatic nitrogens is 1. The summed E-state index contributed by atoms with van der Waals surface area (Å²) in [6.07, 6.45) is 5.46. The molecule has 208 valence electrons. The number of benzene rings is 1.